The Morgan fingerprint density at radius 1 is 1.19 bits per heavy atom. The average molecular weight is 215 g/mol. The summed E-state index contributed by atoms with van der Waals surface area (Å²) in [6.07, 6.45) is 4.70. The molecule has 0 aromatic heterocycles. The van der Waals surface area contributed by atoms with Crippen molar-refractivity contribution in [1.82, 2.24) is 5.32 Å². The van der Waals surface area contributed by atoms with E-state index in [0.717, 1.165) is 19.4 Å². The number of rotatable bonds is 1. The zero-order valence-corrected chi connectivity index (χ0v) is 9.41. The van der Waals surface area contributed by atoms with Crippen molar-refractivity contribution in [3.63, 3.8) is 0 Å². The summed E-state index contributed by atoms with van der Waals surface area (Å²) in [4.78, 5) is 11.9. The third-order valence-electron chi connectivity index (χ3n) is 4.25. The molecular weight excluding hydrogens is 198 g/mol. The minimum absolute atomic E-state index is 0.0698. The molecule has 84 valence electrons. The van der Waals surface area contributed by atoms with Crippen LogP contribution in [0.1, 0.15) is 37.2 Å². The first-order chi connectivity index (χ1) is 7.83. The van der Waals surface area contributed by atoms with Gasteiger partial charge in [-0.05, 0) is 18.4 Å². The van der Waals surface area contributed by atoms with Crippen LogP contribution in [-0.2, 0) is 4.79 Å². The van der Waals surface area contributed by atoms with Gasteiger partial charge in [0.15, 0.2) is 0 Å². The maximum Gasteiger partial charge on any atom is 0.228 e. The first kappa shape index (κ1) is 9.88. The molecule has 0 radical (unpaired) electrons. The third-order valence-corrected chi connectivity index (χ3v) is 4.25. The highest BCUT2D eigenvalue weighted by Gasteiger charge is 2.53. The van der Waals surface area contributed by atoms with Gasteiger partial charge in [0.1, 0.15) is 0 Å². The average Bonchev–Trinajstić information content (AvgIpc) is 2.38. The quantitative estimate of drug-likeness (QED) is 0.716. The summed E-state index contributed by atoms with van der Waals surface area (Å²) in [5.74, 6) is 0.720. The maximum absolute atomic E-state index is 11.9. The molecule has 2 heteroatoms. The van der Waals surface area contributed by atoms with Gasteiger partial charge in [0.2, 0.25) is 5.91 Å². The maximum atomic E-state index is 11.9. The minimum Gasteiger partial charge on any atom is -0.354 e. The van der Waals surface area contributed by atoms with E-state index in [1.165, 1.54) is 18.4 Å². The van der Waals surface area contributed by atoms with Gasteiger partial charge >= 0.3 is 0 Å². The van der Waals surface area contributed by atoms with E-state index in [2.05, 4.69) is 29.6 Å². The molecule has 1 amide bonds. The van der Waals surface area contributed by atoms with Gasteiger partial charge in [-0.2, -0.15) is 0 Å². The molecule has 0 bridgehead atoms. The van der Waals surface area contributed by atoms with Crippen molar-refractivity contribution in [1.29, 1.82) is 0 Å². The number of carbonyl (C=O) groups excluding carboxylic acids is 1. The van der Waals surface area contributed by atoms with Gasteiger partial charge in [0.05, 0.1) is 5.41 Å². The van der Waals surface area contributed by atoms with Crippen molar-refractivity contribution in [3.05, 3.63) is 35.9 Å². The molecule has 1 aromatic rings. The van der Waals surface area contributed by atoms with Crippen LogP contribution in [0.4, 0.5) is 0 Å². The SMILES string of the molecule is O=C1NC[C@@]12CCCC[C@@H]2c1ccccc1. The van der Waals surface area contributed by atoms with E-state index in [1.54, 1.807) is 0 Å². The molecule has 1 spiro atoms. The number of carbonyl (C=O) groups is 1. The molecule has 2 atom stereocenters. The molecule has 1 aromatic carbocycles. The third kappa shape index (κ3) is 1.29. The second kappa shape index (κ2) is 3.62. The zero-order chi connectivity index (χ0) is 11.0. The lowest BCUT2D eigenvalue weighted by molar-refractivity contribution is -0.144. The smallest absolute Gasteiger partial charge is 0.228 e. The van der Waals surface area contributed by atoms with Gasteiger partial charge < -0.3 is 5.32 Å². The number of hydrogen-bond donors (Lipinski definition) is 1. The standard InChI is InChI=1S/C14H17NO/c16-13-14(10-15-13)9-5-4-8-12(14)11-6-2-1-3-7-11/h1-3,6-7,12H,4-5,8-10H2,(H,15,16)/t12-,14-/m1/s1. The molecule has 0 unspecified atom stereocenters. The van der Waals surface area contributed by atoms with E-state index < -0.39 is 0 Å². The lowest BCUT2D eigenvalue weighted by atomic mass is 9.60. The van der Waals surface area contributed by atoms with E-state index in [-0.39, 0.29) is 11.3 Å². The largest absolute Gasteiger partial charge is 0.354 e. The van der Waals surface area contributed by atoms with E-state index in [1.807, 2.05) is 6.07 Å². The molecule has 1 aliphatic heterocycles. The van der Waals surface area contributed by atoms with Crippen LogP contribution >= 0.6 is 0 Å². The fourth-order valence-electron chi connectivity index (χ4n) is 3.28. The molecule has 2 fully saturated rings. The van der Waals surface area contributed by atoms with Crippen LogP contribution in [0.2, 0.25) is 0 Å². The van der Waals surface area contributed by atoms with Crippen LogP contribution < -0.4 is 5.32 Å². The van der Waals surface area contributed by atoms with Crippen molar-refractivity contribution in [2.75, 3.05) is 6.54 Å². The van der Waals surface area contributed by atoms with Crippen molar-refractivity contribution < 1.29 is 4.79 Å². The molecule has 3 rings (SSSR count). The lowest BCUT2D eigenvalue weighted by Crippen LogP contribution is -2.62. The Balaban J connectivity index is 1.95. The Hall–Kier alpha value is -1.31. The van der Waals surface area contributed by atoms with Gasteiger partial charge in [-0.15, -0.1) is 0 Å². The highest BCUT2D eigenvalue weighted by molar-refractivity contribution is 5.90. The Morgan fingerprint density at radius 3 is 2.62 bits per heavy atom. The number of hydrogen-bond acceptors (Lipinski definition) is 1. The highest BCUT2D eigenvalue weighted by Crippen LogP contribution is 2.50. The monoisotopic (exact) mass is 215 g/mol. The van der Waals surface area contributed by atoms with Crippen molar-refractivity contribution in [3.8, 4) is 0 Å². The molecule has 1 N–H and O–H groups in total. The lowest BCUT2D eigenvalue weighted by Gasteiger charge is -2.49. The fourth-order valence-corrected chi connectivity index (χ4v) is 3.28. The van der Waals surface area contributed by atoms with E-state index >= 15 is 0 Å². The van der Waals surface area contributed by atoms with Gasteiger partial charge in [0, 0.05) is 12.5 Å². The van der Waals surface area contributed by atoms with Crippen LogP contribution in [0.15, 0.2) is 30.3 Å². The Bertz CT molecular complexity index is 400. The molecular formula is C14H17NO. The van der Waals surface area contributed by atoms with E-state index in [4.69, 9.17) is 0 Å². The Labute approximate surface area is 96.1 Å². The van der Waals surface area contributed by atoms with Crippen LogP contribution in [0.3, 0.4) is 0 Å². The first-order valence-electron chi connectivity index (χ1n) is 6.16. The summed E-state index contributed by atoms with van der Waals surface area (Å²) >= 11 is 0. The van der Waals surface area contributed by atoms with Crippen molar-refractivity contribution in [2.24, 2.45) is 5.41 Å². The predicted octanol–water partition coefficient (Wildman–Crippen LogP) is 2.46. The van der Waals surface area contributed by atoms with E-state index in [9.17, 15) is 4.79 Å². The van der Waals surface area contributed by atoms with Gasteiger partial charge in [-0.25, -0.2) is 0 Å². The van der Waals surface area contributed by atoms with Crippen LogP contribution in [0, 0.1) is 5.41 Å². The molecule has 2 nitrogen and oxygen atoms in total. The molecule has 1 heterocycles. The van der Waals surface area contributed by atoms with Crippen LogP contribution in [0.5, 0.6) is 0 Å². The Morgan fingerprint density at radius 2 is 2.00 bits per heavy atom. The summed E-state index contributed by atoms with van der Waals surface area (Å²) in [5.41, 5.74) is 1.27. The van der Waals surface area contributed by atoms with Crippen LogP contribution in [0.25, 0.3) is 0 Å². The summed E-state index contributed by atoms with van der Waals surface area (Å²) in [7, 11) is 0. The molecule has 1 saturated heterocycles. The van der Waals surface area contributed by atoms with Gasteiger partial charge in [-0.3, -0.25) is 4.79 Å². The normalized spacial score (nSPS) is 33.2. The number of nitrogens with one attached hydrogen (secondary N) is 1. The minimum atomic E-state index is -0.0698. The van der Waals surface area contributed by atoms with Gasteiger partial charge in [0.25, 0.3) is 0 Å². The molecule has 1 aliphatic carbocycles. The molecule has 16 heavy (non-hydrogen) atoms. The zero-order valence-electron chi connectivity index (χ0n) is 9.41. The molecule has 2 aliphatic rings. The topological polar surface area (TPSA) is 29.1 Å². The summed E-state index contributed by atoms with van der Waals surface area (Å²) in [5, 5.41) is 2.93. The van der Waals surface area contributed by atoms with Crippen LogP contribution in [-0.4, -0.2) is 12.5 Å². The van der Waals surface area contributed by atoms with Crippen molar-refractivity contribution in [2.45, 2.75) is 31.6 Å². The number of β-lactam (4-membered cyclic amide) rings is 1. The van der Waals surface area contributed by atoms with E-state index in [0.29, 0.717) is 5.92 Å². The predicted molar refractivity (Wildman–Crippen MR) is 63.1 cm³/mol. The van der Waals surface area contributed by atoms with Crippen molar-refractivity contribution >= 4 is 5.91 Å². The number of amides is 1. The first-order valence-corrected chi connectivity index (χ1v) is 6.16. The summed E-state index contributed by atoms with van der Waals surface area (Å²) < 4.78 is 0. The highest BCUT2D eigenvalue weighted by atomic mass is 16.2. The fraction of sp³-hybridized carbons (Fsp3) is 0.500. The second-order valence-corrected chi connectivity index (χ2v) is 5.05. The second-order valence-electron chi connectivity index (χ2n) is 5.05. The summed E-state index contributed by atoms with van der Waals surface area (Å²) in [6, 6.07) is 10.5. The summed E-state index contributed by atoms with van der Waals surface area (Å²) in [6.45, 7) is 0.880. The Kier molecular flexibility index (Phi) is 2.23. The van der Waals surface area contributed by atoms with Gasteiger partial charge in [-0.1, -0.05) is 43.2 Å². The number of benzene rings is 1. The molecule has 1 saturated carbocycles.